The highest BCUT2D eigenvalue weighted by Gasteiger charge is 2.73. The van der Waals surface area contributed by atoms with Crippen molar-refractivity contribution in [3.63, 3.8) is 0 Å². The van der Waals surface area contributed by atoms with E-state index < -0.39 is 11.0 Å². The molecule has 6 atom stereocenters. The summed E-state index contributed by atoms with van der Waals surface area (Å²) in [6, 6.07) is 12.3. The molecule has 4 fully saturated rings. The second-order valence-electron chi connectivity index (χ2n) is 13.1. The molecule has 2 unspecified atom stereocenters. The molecule has 2 aromatic carbocycles. The van der Waals surface area contributed by atoms with Crippen LogP contribution in [0.2, 0.25) is 0 Å². The van der Waals surface area contributed by atoms with Crippen LogP contribution in [0.3, 0.4) is 0 Å². The molecule has 200 valence electrons. The van der Waals surface area contributed by atoms with E-state index >= 15 is 0 Å². The molecule has 8 rings (SSSR count). The minimum Gasteiger partial charge on any atom is -0.504 e. The molecule has 0 radical (unpaired) electrons. The highest BCUT2D eigenvalue weighted by atomic mass is 16.5. The zero-order valence-corrected chi connectivity index (χ0v) is 22.2. The van der Waals surface area contributed by atoms with Gasteiger partial charge >= 0.3 is 0 Å². The molecule has 2 aromatic rings. The molecule has 2 saturated heterocycles. The fourth-order valence-corrected chi connectivity index (χ4v) is 9.06. The lowest BCUT2D eigenvalue weighted by Crippen LogP contribution is -2.78. The maximum Gasteiger partial charge on any atom is 0.226 e. The van der Waals surface area contributed by atoms with Gasteiger partial charge in [0.25, 0.3) is 0 Å². The van der Waals surface area contributed by atoms with E-state index in [2.05, 4.69) is 47.1 Å². The van der Waals surface area contributed by atoms with E-state index in [4.69, 9.17) is 4.74 Å². The van der Waals surface area contributed by atoms with Crippen molar-refractivity contribution in [3.8, 4) is 11.5 Å². The third-order valence-electron chi connectivity index (χ3n) is 11.1. The summed E-state index contributed by atoms with van der Waals surface area (Å²) >= 11 is 0. The number of aromatic hydroxyl groups is 1. The average molecular weight is 515 g/mol. The van der Waals surface area contributed by atoms with Gasteiger partial charge in [0.05, 0.1) is 17.1 Å². The number of amides is 1. The quantitative estimate of drug-likeness (QED) is 0.636. The minimum atomic E-state index is -0.905. The number of aryl methyl sites for hydroxylation is 1. The first kappa shape index (κ1) is 23.3. The number of rotatable bonds is 5. The number of ether oxygens (including phenoxy) is 1. The van der Waals surface area contributed by atoms with Crippen LogP contribution in [0, 0.1) is 18.8 Å². The van der Waals surface area contributed by atoms with Gasteiger partial charge in [-0.2, -0.15) is 0 Å². The summed E-state index contributed by atoms with van der Waals surface area (Å²) in [6.07, 6.45) is 6.93. The van der Waals surface area contributed by atoms with E-state index in [0.29, 0.717) is 12.2 Å². The van der Waals surface area contributed by atoms with Gasteiger partial charge in [-0.15, -0.1) is 0 Å². The molecule has 1 spiro atoms. The van der Waals surface area contributed by atoms with Gasteiger partial charge in [0.15, 0.2) is 11.5 Å². The number of hydrogen-bond acceptors (Lipinski definition) is 5. The Bertz CT molecular complexity index is 1310. The molecule has 2 saturated carbocycles. The van der Waals surface area contributed by atoms with E-state index in [1.165, 1.54) is 29.5 Å². The predicted octanol–water partition coefficient (Wildman–Crippen LogP) is 3.72. The molecule has 1 amide bonds. The molecule has 0 aromatic heterocycles. The molecular weight excluding hydrogens is 476 g/mol. The normalized spacial score (nSPS) is 37.3. The second-order valence-corrected chi connectivity index (χ2v) is 13.1. The summed E-state index contributed by atoms with van der Waals surface area (Å²) in [5, 5.41) is 23.6. The maximum absolute atomic E-state index is 13.8. The summed E-state index contributed by atoms with van der Waals surface area (Å²) in [4.78, 5) is 18.5. The molecule has 2 N–H and O–H groups in total. The number of piperidine rings is 1. The molecule has 6 heteroatoms. The van der Waals surface area contributed by atoms with Gasteiger partial charge in [-0.1, -0.05) is 35.9 Å². The number of phenolic OH excluding ortho intramolecular Hbond substituents is 1. The van der Waals surface area contributed by atoms with Crippen LogP contribution in [-0.2, 0) is 23.1 Å². The lowest BCUT2D eigenvalue weighted by Gasteiger charge is -2.64. The smallest absolute Gasteiger partial charge is 0.226 e. The third kappa shape index (κ3) is 3.05. The Morgan fingerprint density at radius 3 is 2.63 bits per heavy atom. The SMILES string of the molecule is Cc1ccc(CC2CCN([C@H]3CCC4(O)[C@H]5Cc6ccc(O)c7c6[C@@]4(CCN5CC4CC4)[C@H]3O7)C2=O)cc1. The summed E-state index contributed by atoms with van der Waals surface area (Å²) < 4.78 is 6.72. The molecule has 38 heavy (non-hydrogen) atoms. The largest absolute Gasteiger partial charge is 0.504 e. The van der Waals surface area contributed by atoms with Crippen LogP contribution in [-0.4, -0.2) is 69.3 Å². The van der Waals surface area contributed by atoms with Gasteiger partial charge < -0.3 is 19.8 Å². The summed E-state index contributed by atoms with van der Waals surface area (Å²) in [7, 11) is 0. The van der Waals surface area contributed by atoms with Gasteiger partial charge in [0.1, 0.15) is 6.10 Å². The van der Waals surface area contributed by atoms with Crippen molar-refractivity contribution < 1.29 is 19.7 Å². The van der Waals surface area contributed by atoms with Crippen LogP contribution >= 0.6 is 0 Å². The fraction of sp³-hybridized carbons (Fsp3) is 0.594. The van der Waals surface area contributed by atoms with Gasteiger partial charge in [-0.25, -0.2) is 0 Å². The topological polar surface area (TPSA) is 73.2 Å². The van der Waals surface area contributed by atoms with Crippen LogP contribution in [0.5, 0.6) is 11.5 Å². The molecule has 3 aliphatic carbocycles. The van der Waals surface area contributed by atoms with E-state index in [1.807, 2.05) is 0 Å². The van der Waals surface area contributed by atoms with E-state index in [1.54, 1.807) is 6.07 Å². The standard InChI is InChI=1S/C32H38N2O4/c1-19-2-4-20(5-3-19)16-23-11-14-34(30(23)36)24-10-12-32(37)26-17-22-8-9-25(35)28-27(22)31(32,29(24)38-28)13-15-33(26)18-21-6-7-21/h2-5,8-9,21,23-24,26,29,35,37H,6-7,10-18H2,1H3/t23?,24-,26+,29-,31-,32?/m0/s1. The highest BCUT2D eigenvalue weighted by molar-refractivity contribution is 5.82. The summed E-state index contributed by atoms with van der Waals surface area (Å²) in [5.41, 5.74) is 3.22. The predicted molar refractivity (Wildman–Crippen MR) is 143 cm³/mol. The average Bonchev–Trinajstić information content (AvgIpc) is 3.55. The molecule has 6 nitrogen and oxygen atoms in total. The number of carbonyl (C=O) groups excluding carboxylic acids is 1. The Labute approximate surface area is 224 Å². The maximum atomic E-state index is 13.8. The number of benzene rings is 2. The fourth-order valence-electron chi connectivity index (χ4n) is 9.06. The molecule has 3 heterocycles. The zero-order chi connectivity index (χ0) is 25.8. The van der Waals surface area contributed by atoms with Gasteiger partial charge in [-0.05, 0) is 87.9 Å². The van der Waals surface area contributed by atoms with Gasteiger partial charge in [0.2, 0.25) is 5.91 Å². The van der Waals surface area contributed by atoms with Crippen molar-refractivity contribution in [3.05, 3.63) is 58.7 Å². The van der Waals surface area contributed by atoms with Crippen LogP contribution in [0.4, 0.5) is 0 Å². The Hall–Kier alpha value is -2.57. The lowest BCUT2D eigenvalue weighted by atomic mass is 9.48. The number of aliphatic hydroxyl groups is 1. The summed E-state index contributed by atoms with van der Waals surface area (Å²) in [6.45, 7) is 4.84. The number of nitrogens with zero attached hydrogens (tertiary/aromatic N) is 2. The first-order valence-electron chi connectivity index (χ1n) is 14.7. The van der Waals surface area contributed by atoms with Gasteiger partial charge in [-0.3, -0.25) is 9.69 Å². The second kappa shape index (κ2) is 7.98. The van der Waals surface area contributed by atoms with Crippen molar-refractivity contribution in [2.24, 2.45) is 11.8 Å². The monoisotopic (exact) mass is 514 g/mol. The van der Waals surface area contributed by atoms with Gasteiger partial charge in [0, 0.05) is 30.6 Å². The van der Waals surface area contributed by atoms with Crippen LogP contribution < -0.4 is 4.74 Å². The number of phenols is 1. The zero-order valence-electron chi connectivity index (χ0n) is 22.2. The van der Waals surface area contributed by atoms with Crippen LogP contribution in [0.25, 0.3) is 0 Å². The minimum absolute atomic E-state index is 0.0109. The Morgan fingerprint density at radius 2 is 1.84 bits per heavy atom. The van der Waals surface area contributed by atoms with Crippen LogP contribution in [0.1, 0.15) is 60.8 Å². The molecule has 2 bridgehead atoms. The van der Waals surface area contributed by atoms with Crippen LogP contribution in [0.15, 0.2) is 36.4 Å². The lowest BCUT2D eigenvalue weighted by molar-refractivity contribution is -0.200. The first-order valence-corrected chi connectivity index (χ1v) is 14.7. The van der Waals surface area contributed by atoms with E-state index in [0.717, 1.165) is 63.2 Å². The Morgan fingerprint density at radius 1 is 1.03 bits per heavy atom. The van der Waals surface area contributed by atoms with Crippen molar-refractivity contribution >= 4 is 5.91 Å². The Kier molecular flexibility index (Phi) is 4.90. The van der Waals surface area contributed by atoms with Crippen molar-refractivity contribution in [2.45, 2.75) is 87.5 Å². The molecule has 6 aliphatic rings. The molecule has 3 aliphatic heterocycles. The van der Waals surface area contributed by atoms with E-state index in [-0.39, 0.29) is 35.8 Å². The summed E-state index contributed by atoms with van der Waals surface area (Å²) in [5.74, 6) is 1.71. The first-order chi connectivity index (χ1) is 18.4. The van der Waals surface area contributed by atoms with Crippen molar-refractivity contribution in [1.82, 2.24) is 9.80 Å². The van der Waals surface area contributed by atoms with E-state index in [9.17, 15) is 15.0 Å². The third-order valence-corrected chi connectivity index (χ3v) is 11.1. The highest BCUT2D eigenvalue weighted by Crippen LogP contribution is 2.66. The molecular formula is C32H38N2O4. The number of hydrogen-bond donors (Lipinski definition) is 2. The van der Waals surface area contributed by atoms with Crippen molar-refractivity contribution in [2.75, 3.05) is 19.6 Å². The van der Waals surface area contributed by atoms with Crippen molar-refractivity contribution in [1.29, 1.82) is 0 Å². The number of carbonyl (C=O) groups is 1. The number of likely N-dealkylation sites (tertiary alicyclic amines) is 2. The Balaban J connectivity index is 1.14.